The van der Waals surface area contributed by atoms with E-state index in [0.717, 1.165) is 17.4 Å². The van der Waals surface area contributed by atoms with E-state index in [0.29, 0.717) is 21.3 Å². The average molecular weight is 502 g/mol. The third-order valence-corrected chi connectivity index (χ3v) is 9.31. The Labute approximate surface area is 159 Å². The van der Waals surface area contributed by atoms with E-state index < -0.39 is 21.7 Å². The molecule has 0 atom stereocenters. The molecule has 0 radical (unpaired) electrons. The number of rotatable bonds is 3. The van der Waals surface area contributed by atoms with Crippen molar-refractivity contribution in [3.8, 4) is 0 Å². The molecule has 1 aromatic heterocycles. The third kappa shape index (κ3) is 3.52. The SMILES string of the molecule is O=S(=O)(c1cc(Br)c(Br)s1)N1CCN(c2ccc(F)cc2F)CC1. The predicted octanol–water partition coefficient (Wildman–Crippen LogP) is 4.06. The van der Waals surface area contributed by atoms with Gasteiger partial charge in [-0.1, -0.05) is 0 Å². The molecule has 0 N–H and O–H groups in total. The monoisotopic (exact) mass is 500 g/mol. The van der Waals surface area contributed by atoms with Crippen molar-refractivity contribution in [3.63, 3.8) is 0 Å². The Kier molecular flexibility index (Phi) is 5.31. The Morgan fingerprint density at radius 1 is 1.04 bits per heavy atom. The van der Waals surface area contributed by atoms with E-state index in [4.69, 9.17) is 0 Å². The van der Waals surface area contributed by atoms with Gasteiger partial charge >= 0.3 is 0 Å². The molecule has 1 aliphatic rings. The van der Waals surface area contributed by atoms with Crippen LogP contribution in [0.15, 0.2) is 36.7 Å². The number of piperazine rings is 1. The minimum atomic E-state index is -3.57. The lowest BCUT2D eigenvalue weighted by molar-refractivity contribution is 0.384. The molecule has 4 nitrogen and oxygen atoms in total. The van der Waals surface area contributed by atoms with Gasteiger partial charge < -0.3 is 4.90 Å². The molecule has 3 rings (SSSR count). The van der Waals surface area contributed by atoms with Gasteiger partial charge in [-0.05, 0) is 50.1 Å². The van der Waals surface area contributed by atoms with Crippen molar-refractivity contribution < 1.29 is 17.2 Å². The smallest absolute Gasteiger partial charge is 0.252 e. The largest absolute Gasteiger partial charge is 0.367 e. The van der Waals surface area contributed by atoms with E-state index in [1.807, 2.05) is 0 Å². The quantitative estimate of drug-likeness (QED) is 0.636. The van der Waals surface area contributed by atoms with E-state index in [1.165, 1.54) is 16.4 Å². The predicted molar refractivity (Wildman–Crippen MR) is 97.0 cm³/mol. The van der Waals surface area contributed by atoms with Gasteiger partial charge in [-0.2, -0.15) is 4.31 Å². The number of anilines is 1. The van der Waals surface area contributed by atoms with Gasteiger partial charge in [-0.3, -0.25) is 0 Å². The minimum absolute atomic E-state index is 0.242. The first-order chi connectivity index (χ1) is 11.3. The Bertz CT molecular complexity index is 846. The zero-order valence-electron chi connectivity index (χ0n) is 12.2. The molecule has 0 bridgehead atoms. The summed E-state index contributed by atoms with van der Waals surface area (Å²) in [4.78, 5) is 1.72. The summed E-state index contributed by atoms with van der Waals surface area (Å²) in [5, 5.41) is 0. The van der Waals surface area contributed by atoms with Gasteiger partial charge in [-0.15, -0.1) is 11.3 Å². The fourth-order valence-corrected chi connectivity index (χ4v) is 6.88. The van der Waals surface area contributed by atoms with Crippen LogP contribution in [0.4, 0.5) is 14.5 Å². The van der Waals surface area contributed by atoms with Crippen LogP contribution in [0.1, 0.15) is 0 Å². The Balaban J connectivity index is 1.75. The Hall–Kier alpha value is -0.550. The molecule has 2 heterocycles. The number of hydrogen-bond donors (Lipinski definition) is 0. The molecule has 0 spiro atoms. The first-order valence-corrected chi connectivity index (χ1v) is 10.8. The maximum absolute atomic E-state index is 13.9. The second-order valence-electron chi connectivity index (χ2n) is 5.17. The molecular weight excluding hydrogens is 490 g/mol. The Morgan fingerprint density at radius 2 is 1.71 bits per heavy atom. The van der Waals surface area contributed by atoms with Crippen LogP contribution < -0.4 is 4.90 Å². The van der Waals surface area contributed by atoms with Gasteiger partial charge in [0.1, 0.15) is 15.8 Å². The van der Waals surface area contributed by atoms with Crippen molar-refractivity contribution >= 4 is 58.9 Å². The van der Waals surface area contributed by atoms with Gasteiger partial charge in [-0.25, -0.2) is 17.2 Å². The van der Waals surface area contributed by atoms with Gasteiger partial charge in [0.2, 0.25) is 0 Å². The molecule has 130 valence electrons. The molecule has 1 fully saturated rings. The summed E-state index contributed by atoms with van der Waals surface area (Å²) in [6.45, 7) is 1.17. The second kappa shape index (κ2) is 6.99. The summed E-state index contributed by atoms with van der Waals surface area (Å²) in [6, 6.07) is 4.97. The summed E-state index contributed by atoms with van der Waals surface area (Å²) < 4.78 is 55.2. The number of sulfonamides is 1. The van der Waals surface area contributed by atoms with Crippen LogP contribution in [-0.4, -0.2) is 38.9 Å². The van der Waals surface area contributed by atoms with Crippen molar-refractivity contribution in [2.45, 2.75) is 4.21 Å². The van der Waals surface area contributed by atoms with Crippen molar-refractivity contribution in [1.82, 2.24) is 4.31 Å². The van der Waals surface area contributed by atoms with Crippen LogP contribution in [0.25, 0.3) is 0 Å². The van der Waals surface area contributed by atoms with Gasteiger partial charge in [0, 0.05) is 36.7 Å². The van der Waals surface area contributed by atoms with Crippen LogP contribution in [0.2, 0.25) is 0 Å². The molecule has 1 saturated heterocycles. The number of thiophene rings is 1. The van der Waals surface area contributed by atoms with Gasteiger partial charge in [0.15, 0.2) is 0 Å². The molecule has 0 aliphatic carbocycles. The molecule has 0 unspecified atom stereocenters. The lowest BCUT2D eigenvalue weighted by atomic mass is 10.2. The maximum Gasteiger partial charge on any atom is 0.252 e. The van der Waals surface area contributed by atoms with E-state index in [1.54, 1.807) is 11.0 Å². The van der Waals surface area contributed by atoms with Crippen molar-refractivity contribution in [3.05, 3.63) is 44.2 Å². The van der Waals surface area contributed by atoms with Crippen LogP contribution in [-0.2, 0) is 10.0 Å². The molecule has 0 amide bonds. The third-order valence-electron chi connectivity index (χ3n) is 3.71. The summed E-state index contributed by atoms with van der Waals surface area (Å²) >= 11 is 7.72. The second-order valence-corrected chi connectivity index (χ2v) is 10.6. The number of nitrogens with zero attached hydrogens (tertiary/aromatic N) is 2. The average Bonchev–Trinajstić information content (AvgIpc) is 2.88. The fourth-order valence-electron chi connectivity index (χ4n) is 2.49. The summed E-state index contributed by atoms with van der Waals surface area (Å²) in [7, 11) is -3.57. The van der Waals surface area contributed by atoms with Gasteiger partial charge in [0.05, 0.1) is 9.47 Å². The molecule has 10 heteroatoms. The summed E-state index contributed by atoms with van der Waals surface area (Å²) in [5.41, 5.74) is 0.287. The van der Waals surface area contributed by atoms with Crippen LogP contribution in [0.3, 0.4) is 0 Å². The lowest BCUT2D eigenvalue weighted by Crippen LogP contribution is -2.48. The zero-order chi connectivity index (χ0) is 17.5. The van der Waals surface area contributed by atoms with E-state index in [-0.39, 0.29) is 23.0 Å². The first kappa shape index (κ1) is 18.2. The van der Waals surface area contributed by atoms with Crippen LogP contribution in [0.5, 0.6) is 0 Å². The highest BCUT2D eigenvalue weighted by Crippen LogP contribution is 2.36. The minimum Gasteiger partial charge on any atom is -0.367 e. The standard InChI is InChI=1S/C14H12Br2F2N2O2S2/c15-10-8-13(23-14(10)16)24(21,22)20-5-3-19(4-6-20)12-2-1-9(17)7-11(12)18/h1-2,7-8H,3-6H2. The number of benzene rings is 1. The highest BCUT2D eigenvalue weighted by atomic mass is 79.9. The molecule has 1 aliphatic heterocycles. The normalized spacial score (nSPS) is 16.6. The fraction of sp³-hybridized carbons (Fsp3) is 0.286. The topological polar surface area (TPSA) is 40.6 Å². The van der Waals surface area contributed by atoms with Crippen molar-refractivity contribution in [2.75, 3.05) is 31.1 Å². The molecule has 0 saturated carbocycles. The molecule has 2 aromatic rings. The molecular formula is C14H12Br2F2N2O2S2. The summed E-state index contributed by atoms with van der Waals surface area (Å²) in [6.07, 6.45) is 0. The number of halogens is 4. The highest BCUT2D eigenvalue weighted by Gasteiger charge is 2.31. The van der Waals surface area contributed by atoms with Gasteiger partial charge in [0.25, 0.3) is 10.0 Å². The van der Waals surface area contributed by atoms with Crippen LogP contribution >= 0.6 is 43.2 Å². The van der Waals surface area contributed by atoms with Crippen LogP contribution in [0, 0.1) is 11.6 Å². The van der Waals surface area contributed by atoms with Crippen molar-refractivity contribution in [1.29, 1.82) is 0 Å². The highest BCUT2D eigenvalue weighted by molar-refractivity contribution is 9.13. The van der Waals surface area contributed by atoms with E-state index in [2.05, 4.69) is 31.9 Å². The zero-order valence-corrected chi connectivity index (χ0v) is 17.0. The summed E-state index contributed by atoms with van der Waals surface area (Å²) in [5.74, 6) is -1.27. The van der Waals surface area contributed by atoms with Crippen molar-refractivity contribution in [2.24, 2.45) is 0 Å². The molecule has 1 aromatic carbocycles. The molecule has 24 heavy (non-hydrogen) atoms. The Morgan fingerprint density at radius 3 is 2.25 bits per heavy atom. The first-order valence-electron chi connectivity index (χ1n) is 6.94. The van der Waals surface area contributed by atoms with E-state index in [9.17, 15) is 17.2 Å². The maximum atomic E-state index is 13.9. The lowest BCUT2D eigenvalue weighted by Gasteiger charge is -2.35. The van der Waals surface area contributed by atoms with E-state index >= 15 is 0 Å². The number of hydrogen-bond acceptors (Lipinski definition) is 4.